The largest absolute Gasteiger partial charge is 0.491 e. The highest BCUT2D eigenvalue weighted by atomic mass is 16.6. The molecule has 1 aromatic rings. The molecule has 0 spiro atoms. The second-order valence-corrected chi connectivity index (χ2v) is 9.12. The summed E-state index contributed by atoms with van der Waals surface area (Å²) in [6.45, 7) is 7.64. The Morgan fingerprint density at radius 1 is 1.12 bits per heavy atom. The minimum Gasteiger partial charge on any atom is -0.491 e. The SMILES string of the molecule is CC(C)(C)OC(=O)N[C@H](C(=O)N1CC[C@H](O)C1)c1ccc(OCCOCCCCCO)cc1. The fourth-order valence-corrected chi connectivity index (χ4v) is 3.41. The molecule has 9 nitrogen and oxygen atoms in total. The number of amides is 2. The van der Waals surface area contributed by atoms with Crippen molar-refractivity contribution in [1.82, 2.24) is 10.2 Å². The number of ether oxygens (including phenoxy) is 3. The molecule has 0 bridgehead atoms. The van der Waals surface area contributed by atoms with Gasteiger partial charge in [-0.05, 0) is 64.2 Å². The first-order chi connectivity index (χ1) is 15.7. The number of nitrogens with one attached hydrogen (secondary N) is 1. The maximum Gasteiger partial charge on any atom is 0.408 e. The monoisotopic (exact) mass is 466 g/mol. The number of rotatable bonds is 12. The number of nitrogens with zero attached hydrogens (tertiary/aromatic N) is 1. The van der Waals surface area contributed by atoms with Crippen LogP contribution in [0, 0.1) is 0 Å². The van der Waals surface area contributed by atoms with Crippen molar-refractivity contribution in [3.8, 4) is 5.75 Å². The molecule has 2 rings (SSSR count). The number of unbranched alkanes of at least 4 members (excludes halogenated alkanes) is 2. The molecule has 1 aliphatic heterocycles. The van der Waals surface area contributed by atoms with Crippen LogP contribution in [0.4, 0.5) is 4.79 Å². The molecule has 0 radical (unpaired) electrons. The maximum absolute atomic E-state index is 13.1. The quantitative estimate of drug-likeness (QED) is 0.405. The normalized spacial score (nSPS) is 17.0. The average molecular weight is 467 g/mol. The molecule has 1 saturated heterocycles. The summed E-state index contributed by atoms with van der Waals surface area (Å²) in [5.74, 6) is 0.336. The summed E-state index contributed by atoms with van der Waals surface area (Å²) in [6.07, 6.45) is 1.91. The first-order valence-electron chi connectivity index (χ1n) is 11.6. The summed E-state index contributed by atoms with van der Waals surface area (Å²) in [7, 11) is 0. The highest BCUT2D eigenvalue weighted by Crippen LogP contribution is 2.23. The predicted octanol–water partition coefficient (Wildman–Crippen LogP) is 2.40. The van der Waals surface area contributed by atoms with Crippen molar-refractivity contribution < 1.29 is 34.0 Å². The van der Waals surface area contributed by atoms with Gasteiger partial charge < -0.3 is 34.6 Å². The van der Waals surface area contributed by atoms with E-state index in [2.05, 4.69) is 5.32 Å². The van der Waals surface area contributed by atoms with E-state index in [1.807, 2.05) is 0 Å². The van der Waals surface area contributed by atoms with Crippen molar-refractivity contribution >= 4 is 12.0 Å². The molecule has 2 amide bonds. The summed E-state index contributed by atoms with van der Waals surface area (Å²) >= 11 is 0. The summed E-state index contributed by atoms with van der Waals surface area (Å²) < 4.78 is 16.5. The Bertz CT molecular complexity index is 733. The lowest BCUT2D eigenvalue weighted by atomic mass is 10.1. The third-order valence-electron chi connectivity index (χ3n) is 5.04. The lowest BCUT2D eigenvalue weighted by molar-refractivity contribution is -0.133. The van der Waals surface area contributed by atoms with Crippen molar-refractivity contribution in [1.29, 1.82) is 0 Å². The van der Waals surface area contributed by atoms with Crippen molar-refractivity contribution in [2.45, 2.75) is 64.2 Å². The summed E-state index contributed by atoms with van der Waals surface area (Å²) in [5, 5.41) is 21.2. The van der Waals surface area contributed by atoms with Gasteiger partial charge in [0.25, 0.3) is 0 Å². The minimum absolute atomic E-state index is 0.207. The highest BCUT2D eigenvalue weighted by molar-refractivity contribution is 5.87. The molecule has 1 fully saturated rings. The molecule has 0 saturated carbocycles. The molecule has 1 aliphatic rings. The molecule has 1 heterocycles. The van der Waals surface area contributed by atoms with E-state index >= 15 is 0 Å². The van der Waals surface area contributed by atoms with Crippen LogP contribution in [0.15, 0.2) is 24.3 Å². The van der Waals surface area contributed by atoms with Gasteiger partial charge in [0.05, 0.1) is 12.7 Å². The van der Waals surface area contributed by atoms with E-state index in [1.54, 1.807) is 49.9 Å². The molecule has 33 heavy (non-hydrogen) atoms. The number of carbonyl (C=O) groups is 2. The summed E-state index contributed by atoms with van der Waals surface area (Å²) in [5.41, 5.74) is -0.0974. The molecule has 0 unspecified atom stereocenters. The summed E-state index contributed by atoms with van der Waals surface area (Å²) in [4.78, 5) is 27.0. The fourth-order valence-electron chi connectivity index (χ4n) is 3.41. The van der Waals surface area contributed by atoms with Gasteiger partial charge in [0.1, 0.15) is 24.0 Å². The van der Waals surface area contributed by atoms with Crippen molar-refractivity contribution in [3.05, 3.63) is 29.8 Å². The topological polar surface area (TPSA) is 118 Å². The first kappa shape index (κ1) is 26.9. The van der Waals surface area contributed by atoms with Gasteiger partial charge >= 0.3 is 6.09 Å². The Hall–Kier alpha value is -2.36. The van der Waals surface area contributed by atoms with Crippen LogP contribution in [-0.4, -0.2) is 78.3 Å². The summed E-state index contributed by atoms with van der Waals surface area (Å²) in [6, 6.07) is 6.02. The van der Waals surface area contributed by atoms with E-state index in [0.29, 0.717) is 44.1 Å². The molecule has 0 aromatic heterocycles. The highest BCUT2D eigenvalue weighted by Gasteiger charge is 2.33. The Kier molecular flexibility index (Phi) is 10.9. The van der Waals surface area contributed by atoms with E-state index < -0.39 is 23.8 Å². The second-order valence-electron chi connectivity index (χ2n) is 9.12. The molecule has 2 atom stereocenters. The van der Waals surface area contributed by atoms with Crippen LogP contribution in [-0.2, 0) is 14.3 Å². The van der Waals surface area contributed by atoms with E-state index in [9.17, 15) is 14.7 Å². The number of aliphatic hydroxyl groups excluding tert-OH is 2. The Morgan fingerprint density at radius 2 is 1.85 bits per heavy atom. The first-order valence-corrected chi connectivity index (χ1v) is 11.6. The molecule has 3 N–H and O–H groups in total. The van der Waals surface area contributed by atoms with Crippen molar-refractivity contribution in [2.75, 3.05) is 39.5 Å². The van der Waals surface area contributed by atoms with Gasteiger partial charge in [-0.3, -0.25) is 4.79 Å². The maximum atomic E-state index is 13.1. The zero-order chi connectivity index (χ0) is 24.3. The Morgan fingerprint density at radius 3 is 2.45 bits per heavy atom. The second kappa shape index (κ2) is 13.4. The van der Waals surface area contributed by atoms with Crippen LogP contribution in [0.3, 0.4) is 0 Å². The third kappa shape index (κ3) is 9.98. The van der Waals surface area contributed by atoms with Crippen molar-refractivity contribution in [3.63, 3.8) is 0 Å². The van der Waals surface area contributed by atoms with Gasteiger partial charge in [-0.25, -0.2) is 4.79 Å². The predicted molar refractivity (Wildman–Crippen MR) is 123 cm³/mol. The van der Waals surface area contributed by atoms with Crippen LogP contribution < -0.4 is 10.1 Å². The zero-order valence-electron chi connectivity index (χ0n) is 19.9. The molecule has 1 aromatic carbocycles. The van der Waals surface area contributed by atoms with Gasteiger partial charge in [0.15, 0.2) is 0 Å². The zero-order valence-corrected chi connectivity index (χ0v) is 19.9. The van der Waals surface area contributed by atoms with Gasteiger partial charge in [0.2, 0.25) is 5.91 Å². The number of β-amino-alcohol motifs (C(OH)–C–C–N with tert-alkyl or cyclic N) is 1. The minimum atomic E-state index is -0.929. The van der Waals surface area contributed by atoms with E-state index in [1.165, 1.54) is 0 Å². The third-order valence-corrected chi connectivity index (χ3v) is 5.04. The van der Waals surface area contributed by atoms with Gasteiger partial charge in [-0.1, -0.05) is 12.1 Å². The number of alkyl carbamates (subject to hydrolysis) is 1. The number of aliphatic hydroxyl groups is 2. The standard InChI is InChI=1S/C24H38N2O7/c1-24(2,3)33-23(30)25-21(22(29)26-12-11-19(28)17-26)18-7-9-20(10-8-18)32-16-15-31-14-6-4-5-13-27/h7-10,19,21,27-28H,4-6,11-17H2,1-3H3,(H,25,30)/t19-,21-/m0/s1. The van der Waals surface area contributed by atoms with Gasteiger partial charge in [-0.15, -0.1) is 0 Å². The average Bonchev–Trinajstić information content (AvgIpc) is 3.19. The number of carbonyl (C=O) groups excluding carboxylic acids is 2. The lowest BCUT2D eigenvalue weighted by Gasteiger charge is -2.26. The van der Waals surface area contributed by atoms with Gasteiger partial charge in [-0.2, -0.15) is 0 Å². The van der Waals surface area contributed by atoms with Crippen LogP contribution in [0.5, 0.6) is 5.75 Å². The van der Waals surface area contributed by atoms with Crippen LogP contribution in [0.1, 0.15) is 58.1 Å². The van der Waals surface area contributed by atoms with Crippen LogP contribution >= 0.6 is 0 Å². The van der Waals surface area contributed by atoms with E-state index in [-0.39, 0.29) is 19.1 Å². The molecule has 0 aliphatic carbocycles. The number of likely N-dealkylation sites (tertiary alicyclic amines) is 1. The molecular formula is C24H38N2O7. The van der Waals surface area contributed by atoms with Gasteiger partial charge in [0, 0.05) is 26.3 Å². The molecule has 186 valence electrons. The number of benzene rings is 1. The number of hydrogen-bond acceptors (Lipinski definition) is 7. The molecule has 9 heteroatoms. The Balaban J connectivity index is 1.94. The van der Waals surface area contributed by atoms with Crippen molar-refractivity contribution in [2.24, 2.45) is 0 Å². The smallest absolute Gasteiger partial charge is 0.408 e. The Labute approximate surface area is 196 Å². The fraction of sp³-hybridized carbons (Fsp3) is 0.667. The number of hydrogen-bond donors (Lipinski definition) is 3. The van der Waals surface area contributed by atoms with Crippen LogP contribution in [0.25, 0.3) is 0 Å². The van der Waals surface area contributed by atoms with E-state index in [4.69, 9.17) is 19.3 Å². The molecular weight excluding hydrogens is 428 g/mol. The van der Waals surface area contributed by atoms with Crippen LogP contribution in [0.2, 0.25) is 0 Å². The lowest BCUT2D eigenvalue weighted by Crippen LogP contribution is -2.44. The van der Waals surface area contributed by atoms with E-state index in [0.717, 1.165) is 19.3 Å².